The molecule has 1 unspecified atom stereocenters. The minimum Gasteiger partial charge on any atom is -0.392 e. The van der Waals surface area contributed by atoms with Gasteiger partial charge in [0.15, 0.2) is 0 Å². The molecule has 1 aliphatic carbocycles. The van der Waals surface area contributed by atoms with Gasteiger partial charge in [-0.25, -0.2) is 4.39 Å². The van der Waals surface area contributed by atoms with Gasteiger partial charge >= 0.3 is 0 Å². The second-order valence-corrected chi connectivity index (χ2v) is 6.28. The largest absolute Gasteiger partial charge is 0.392 e. The summed E-state index contributed by atoms with van der Waals surface area (Å²) in [6.45, 7) is 0.961. The van der Waals surface area contributed by atoms with Gasteiger partial charge in [0.1, 0.15) is 5.82 Å². The molecule has 0 bridgehead atoms. The summed E-state index contributed by atoms with van der Waals surface area (Å²) in [5.74, 6) is 0.184. The molecule has 0 amide bonds. The van der Waals surface area contributed by atoms with E-state index in [-0.39, 0.29) is 11.9 Å². The minimum atomic E-state index is -0.323. The molecule has 1 heterocycles. The fourth-order valence-electron chi connectivity index (χ4n) is 3.28. The van der Waals surface area contributed by atoms with Gasteiger partial charge in [-0.2, -0.15) is 0 Å². The van der Waals surface area contributed by atoms with Gasteiger partial charge in [-0.15, -0.1) is 0 Å². The Morgan fingerprint density at radius 2 is 1.87 bits per heavy atom. The van der Waals surface area contributed by atoms with E-state index >= 15 is 0 Å². The van der Waals surface area contributed by atoms with Crippen molar-refractivity contribution in [3.63, 3.8) is 0 Å². The maximum Gasteiger partial charge on any atom is 0.128 e. The van der Waals surface area contributed by atoms with Gasteiger partial charge in [0.2, 0.25) is 0 Å². The van der Waals surface area contributed by atoms with Crippen LogP contribution in [0.1, 0.15) is 31.2 Å². The average Bonchev–Trinajstić information content (AvgIpc) is 3.11. The van der Waals surface area contributed by atoms with Crippen molar-refractivity contribution in [3.05, 3.63) is 54.1 Å². The van der Waals surface area contributed by atoms with Gasteiger partial charge in [0.05, 0.1) is 6.10 Å². The number of hydrogen-bond donors (Lipinski definition) is 2. The average molecular weight is 314 g/mol. The van der Waals surface area contributed by atoms with E-state index in [1.54, 1.807) is 24.5 Å². The van der Waals surface area contributed by atoms with Crippen molar-refractivity contribution >= 4 is 0 Å². The van der Waals surface area contributed by atoms with Crippen LogP contribution < -0.4 is 5.32 Å². The van der Waals surface area contributed by atoms with Crippen molar-refractivity contribution in [2.24, 2.45) is 5.92 Å². The highest BCUT2D eigenvalue weighted by Gasteiger charge is 2.22. The molecule has 0 spiro atoms. The number of benzene rings is 1. The summed E-state index contributed by atoms with van der Waals surface area (Å²) in [7, 11) is 0. The lowest BCUT2D eigenvalue weighted by molar-refractivity contribution is 0.109. The summed E-state index contributed by atoms with van der Waals surface area (Å²) in [4.78, 5) is 3.97. The molecule has 1 fully saturated rings. The van der Waals surface area contributed by atoms with Crippen molar-refractivity contribution in [1.29, 1.82) is 0 Å². The molecule has 122 valence electrons. The Hall–Kier alpha value is -1.78. The van der Waals surface area contributed by atoms with Crippen LogP contribution in [0.5, 0.6) is 0 Å². The van der Waals surface area contributed by atoms with E-state index < -0.39 is 0 Å². The first-order chi connectivity index (χ1) is 11.2. The van der Waals surface area contributed by atoms with E-state index in [1.165, 1.54) is 12.8 Å². The van der Waals surface area contributed by atoms with Crippen molar-refractivity contribution in [2.45, 2.75) is 38.3 Å². The maximum absolute atomic E-state index is 14.2. The van der Waals surface area contributed by atoms with E-state index in [1.807, 2.05) is 18.2 Å². The van der Waals surface area contributed by atoms with Crippen molar-refractivity contribution in [2.75, 3.05) is 6.54 Å². The minimum absolute atomic E-state index is 0.220. The molecular formula is C19H23FN2O. The maximum atomic E-state index is 14.2. The molecule has 3 nitrogen and oxygen atoms in total. The van der Waals surface area contributed by atoms with Crippen LogP contribution in [0.4, 0.5) is 4.39 Å². The number of hydrogen-bond acceptors (Lipinski definition) is 3. The first-order valence-electron chi connectivity index (χ1n) is 8.31. The number of aliphatic hydroxyl groups excluding tert-OH is 1. The number of rotatable bonds is 6. The molecule has 3 rings (SSSR count). The van der Waals surface area contributed by atoms with Crippen LogP contribution in [-0.2, 0) is 6.54 Å². The molecular weight excluding hydrogens is 291 g/mol. The molecule has 2 aromatic rings. The molecule has 1 saturated carbocycles. The topological polar surface area (TPSA) is 45.1 Å². The predicted octanol–water partition coefficient (Wildman–Crippen LogP) is 3.53. The Balaban J connectivity index is 1.56. The third kappa shape index (κ3) is 4.15. The summed E-state index contributed by atoms with van der Waals surface area (Å²) in [6, 6.07) is 9.01. The third-order valence-electron chi connectivity index (χ3n) is 4.68. The van der Waals surface area contributed by atoms with Crippen LogP contribution in [0.3, 0.4) is 0 Å². The van der Waals surface area contributed by atoms with Crippen molar-refractivity contribution < 1.29 is 9.50 Å². The molecule has 1 aromatic heterocycles. The Morgan fingerprint density at radius 3 is 2.57 bits per heavy atom. The standard InChI is InChI=1S/C19H23FN2O/c20-18-11-16(14-7-9-21-10-8-14)5-6-17(18)12-22-13-19(23)15-3-1-2-4-15/h5-11,15,19,22-23H,1-4,12-13H2. The predicted molar refractivity (Wildman–Crippen MR) is 89.3 cm³/mol. The summed E-state index contributed by atoms with van der Waals surface area (Å²) in [5.41, 5.74) is 2.43. The fourth-order valence-corrected chi connectivity index (χ4v) is 3.28. The van der Waals surface area contributed by atoms with Crippen LogP contribution in [-0.4, -0.2) is 22.7 Å². The van der Waals surface area contributed by atoms with Gasteiger partial charge in [0, 0.05) is 31.0 Å². The molecule has 0 aliphatic heterocycles. The van der Waals surface area contributed by atoms with E-state index in [2.05, 4.69) is 10.3 Å². The van der Waals surface area contributed by atoms with Crippen LogP contribution in [0.25, 0.3) is 11.1 Å². The first kappa shape index (κ1) is 16.1. The number of aromatic nitrogens is 1. The number of pyridine rings is 1. The zero-order valence-electron chi connectivity index (χ0n) is 13.2. The van der Waals surface area contributed by atoms with Crippen molar-refractivity contribution in [1.82, 2.24) is 10.3 Å². The van der Waals surface area contributed by atoms with Crippen LogP contribution >= 0.6 is 0 Å². The van der Waals surface area contributed by atoms with Gasteiger partial charge in [-0.1, -0.05) is 25.0 Å². The normalized spacial score (nSPS) is 16.6. The number of nitrogens with zero attached hydrogens (tertiary/aromatic N) is 1. The molecule has 1 atom stereocenters. The molecule has 2 N–H and O–H groups in total. The molecule has 23 heavy (non-hydrogen) atoms. The molecule has 0 radical (unpaired) electrons. The molecule has 1 aromatic carbocycles. The fraction of sp³-hybridized carbons (Fsp3) is 0.421. The van der Waals surface area contributed by atoms with Crippen LogP contribution in [0.2, 0.25) is 0 Å². The molecule has 1 aliphatic rings. The summed E-state index contributed by atoms with van der Waals surface area (Å²) >= 11 is 0. The van der Waals surface area contributed by atoms with E-state index in [9.17, 15) is 9.50 Å². The lowest BCUT2D eigenvalue weighted by Crippen LogP contribution is -2.31. The number of halogens is 1. The highest BCUT2D eigenvalue weighted by Crippen LogP contribution is 2.27. The zero-order valence-corrected chi connectivity index (χ0v) is 13.2. The molecule has 0 saturated heterocycles. The number of aliphatic hydroxyl groups is 1. The molecule has 4 heteroatoms. The number of nitrogens with one attached hydrogen (secondary N) is 1. The van der Waals surface area contributed by atoms with Gasteiger partial charge in [-0.05, 0) is 48.1 Å². The van der Waals surface area contributed by atoms with Crippen molar-refractivity contribution in [3.8, 4) is 11.1 Å². The SMILES string of the molecule is OC(CNCc1ccc(-c2ccncc2)cc1F)C1CCCC1. The third-order valence-corrected chi connectivity index (χ3v) is 4.68. The Labute approximate surface area is 136 Å². The Morgan fingerprint density at radius 1 is 1.13 bits per heavy atom. The second-order valence-electron chi connectivity index (χ2n) is 6.28. The highest BCUT2D eigenvalue weighted by molar-refractivity contribution is 5.63. The summed E-state index contributed by atoms with van der Waals surface area (Å²) < 4.78 is 14.2. The van der Waals surface area contributed by atoms with Crippen LogP contribution in [0, 0.1) is 11.7 Å². The monoisotopic (exact) mass is 314 g/mol. The Bertz CT molecular complexity index is 627. The smallest absolute Gasteiger partial charge is 0.128 e. The van der Waals surface area contributed by atoms with E-state index in [0.29, 0.717) is 24.6 Å². The van der Waals surface area contributed by atoms with E-state index in [0.717, 1.165) is 24.0 Å². The van der Waals surface area contributed by atoms with Gasteiger partial charge in [0.25, 0.3) is 0 Å². The Kier molecular flexibility index (Phi) is 5.36. The zero-order chi connectivity index (χ0) is 16.1. The second kappa shape index (κ2) is 7.66. The highest BCUT2D eigenvalue weighted by atomic mass is 19.1. The van der Waals surface area contributed by atoms with Gasteiger partial charge in [-0.3, -0.25) is 4.98 Å². The lowest BCUT2D eigenvalue weighted by atomic mass is 10.0. The van der Waals surface area contributed by atoms with Gasteiger partial charge < -0.3 is 10.4 Å². The summed E-state index contributed by atoms with van der Waals surface area (Å²) in [6.07, 6.45) is 7.73. The lowest BCUT2D eigenvalue weighted by Gasteiger charge is -2.18. The first-order valence-corrected chi connectivity index (χ1v) is 8.31. The van der Waals surface area contributed by atoms with Crippen LogP contribution in [0.15, 0.2) is 42.7 Å². The quantitative estimate of drug-likeness (QED) is 0.857. The van der Waals surface area contributed by atoms with E-state index in [4.69, 9.17) is 0 Å². The summed E-state index contributed by atoms with van der Waals surface area (Å²) in [5, 5.41) is 13.3.